The SMILES string of the molecule is CCCc1ccc([O-])c(C(=O)[O-])c1. The average molecular weight is 178 g/mol. The summed E-state index contributed by atoms with van der Waals surface area (Å²) in [5.41, 5.74) is 0.618. The lowest BCUT2D eigenvalue weighted by molar-refractivity contribution is -0.276. The molecule has 0 aliphatic rings. The van der Waals surface area contributed by atoms with E-state index in [0.717, 1.165) is 18.4 Å². The first kappa shape index (κ1) is 9.58. The molecule has 3 nitrogen and oxygen atoms in total. The van der Waals surface area contributed by atoms with E-state index in [9.17, 15) is 15.0 Å². The first-order valence-electron chi connectivity index (χ1n) is 4.16. The second-order valence-electron chi connectivity index (χ2n) is 2.87. The molecule has 0 amide bonds. The van der Waals surface area contributed by atoms with Crippen LogP contribution in [0, 0.1) is 0 Å². The van der Waals surface area contributed by atoms with Crippen LogP contribution in [0.15, 0.2) is 18.2 Å². The molecule has 0 fully saturated rings. The molecule has 0 atom stereocenters. The largest absolute Gasteiger partial charge is 0.872 e. The van der Waals surface area contributed by atoms with E-state index in [0.29, 0.717) is 0 Å². The van der Waals surface area contributed by atoms with E-state index in [4.69, 9.17) is 0 Å². The summed E-state index contributed by atoms with van der Waals surface area (Å²) in [5, 5.41) is 21.5. The lowest BCUT2D eigenvalue weighted by Crippen LogP contribution is -2.23. The number of aromatic carboxylic acids is 1. The monoisotopic (exact) mass is 178 g/mol. The van der Waals surface area contributed by atoms with Crippen molar-refractivity contribution in [1.29, 1.82) is 0 Å². The summed E-state index contributed by atoms with van der Waals surface area (Å²) in [7, 11) is 0. The van der Waals surface area contributed by atoms with Crippen LogP contribution in [0.5, 0.6) is 5.75 Å². The highest BCUT2D eigenvalue weighted by Crippen LogP contribution is 2.15. The Kier molecular flexibility index (Phi) is 2.90. The Labute approximate surface area is 76.6 Å². The molecular formula is C10H10O3-2. The van der Waals surface area contributed by atoms with Crippen LogP contribution in [0.1, 0.15) is 29.3 Å². The number of carbonyl (C=O) groups is 1. The van der Waals surface area contributed by atoms with Gasteiger partial charge in [-0.1, -0.05) is 37.3 Å². The third-order valence-electron chi connectivity index (χ3n) is 1.80. The first-order chi connectivity index (χ1) is 6.15. The Morgan fingerprint density at radius 3 is 2.69 bits per heavy atom. The van der Waals surface area contributed by atoms with Gasteiger partial charge in [0.25, 0.3) is 0 Å². The molecule has 1 rings (SSSR count). The Morgan fingerprint density at radius 1 is 1.46 bits per heavy atom. The van der Waals surface area contributed by atoms with Crippen molar-refractivity contribution >= 4 is 5.97 Å². The van der Waals surface area contributed by atoms with Crippen LogP contribution >= 0.6 is 0 Å². The van der Waals surface area contributed by atoms with Gasteiger partial charge in [-0.15, -0.1) is 0 Å². The van der Waals surface area contributed by atoms with Crippen LogP contribution in [0.4, 0.5) is 0 Å². The number of hydrogen-bond donors (Lipinski definition) is 0. The number of aryl methyl sites for hydroxylation is 1. The highest BCUT2D eigenvalue weighted by Gasteiger charge is 1.97. The number of carboxylic acids is 1. The molecule has 0 bridgehead atoms. The molecule has 0 aliphatic carbocycles. The molecule has 0 heterocycles. The number of carbonyl (C=O) groups excluding carboxylic acids is 1. The zero-order valence-corrected chi connectivity index (χ0v) is 7.37. The molecular weight excluding hydrogens is 168 g/mol. The minimum absolute atomic E-state index is 0.244. The van der Waals surface area contributed by atoms with E-state index in [1.807, 2.05) is 6.92 Å². The molecule has 70 valence electrons. The second kappa shape index (κ2) is 3.94. The van der Waals surface area contributed by atoms with Gasteiger partial charge in [0.2, 0.25) is 0 Å². The van der Waals surface area contributed by atoms with Gasteiger partial charge in [-0.05, 0) is 17.5 Å². The van der Waals surface area contributed by atoms with Crippen LogP contribution in [0.25, 0.3) is 0 Å². The highest BCUT2D eigenvalue weighted by atomic mass is 16.4. The molecule has 1 aromatic carbocycles. The maximum atomic E-state index is 11.0. The molecule has 3 heteroatoms. The van der Waals surface area contributed by atoms with Crippen molar-refractivity contribution < 1.29 is 15.0 Å². The second-order valence-corrected chi connectivity index (χ2v) is 2.87. The van der Waals surface area contributed by atoms with Crippen molar-refractivity contribution in [2.75, 3.05) is 0 Å². The third kappa shape index (κ3) is 2.21. The van der Waals surface area contributed by atoms with E-state index >= 15 is 0 Å². The summed E-state index contributed by atoms with van der Waals surface area (Å²) < 4.78 is 0. The molecule has 0 saturated heterocycles. The van der Waals surface area contributed by atoms with Gasteiger partial charge >= 0.3 is 0 Å². The van der Waals surface area contributed by atoms with Crippen molar-refractivity contribution in [2.24, 2.45) is 0 Å². The van der Waals surface area contributed by atoms with Gasteiger partial charge in [0.1, 0.15) is 0 Å². The van der Waals surface area contributed by atoms with Gasteiger partial charge in [0.15, 0.2) is 0 Å². The van der Waals surface area contributed by atoms with Crippen LogP contribution in [0.2, 0.25) is 0 Å². The van der Waals surface area contributed by atoms with E-state index in [-0.39, 0.29) is 5.56 Å². The van der Waals surface area contributed by atoms with Crippen molar-refractivity contribution in [2.45, 2.75) is 19.8 Å². The van der Waals surface area contributed by atoms with Gasteiger partial charge < -0.3 is 15.0 Å². The van der Waals surface area contributed by atoms with Crippen molar-refractivity contribution in [3.05, 3.63) is 29.3 Å². The highest BCUT2D eigenvalue weighted by molar-refractivity contribution is 5.89. The summed E-state index contributed by atoms with van der Waals surface area (Å²) in [6.07, 6.45) is 1.70. The maximum Gasteiger partial charge on any atom is 0.0709 e. The minimum atomic E-state index is -1.40. The fourth-order valence-electron chi connectivity index (χ4n) is 1.18. The molecule has 0 unspecified atom stereocenters. The fraction of sp³-hybridized carbons (Fsp3) is 0.300. The van der Waals surface area contributed by atoms with Crippen LogP contribution in [-0.2, 0) is 6.42 Å². The maximum absolute atomic E-state index is 11.0. The number of rotatable bonds is 3. The molecule has 0 aromatic heterocycles. The zero-order valence-electron chi connectivity index (χ0n) is 7.37. The van der Waals surface area contributed by atoms with E-state index in [1.165, 1.54) is 12.1 Å². The third-order valence-corrected chi connectivity index (χ3v) is 1.80. The summed E-state index contributed by atoms with van der Waals surface area (Å²) in [4.78, 5) is 10.5. The Balaban J connectivity index is 3.04. The minimum Gasteiger partial charge on any atom is -0.872 e. The lowest BCUT2D eigenvalue weighted by Gasteiger charge is -2.15. The van der Waals surface area contributed by atoms with Gasteiger partial charge in [-0.25, -0.2) is 0 Å². The summed E-state index contributed by atoms with van der Waals surface area (Å²) >= 11 is 0. The van der Waals surface area contributed by atoms with Gasteiger partial charge in [0, 0.05) is 0 Å². The molecule has 1 aromatic rings. The Bertz CT molecular complexity index is 318. The standard InChI is InChI=1S/C10H12O3/c1-2-3-7-4-5-9(11)8(6-7)10(12)13/h4-6,11H,2-3H2,1H3,(H,12,13)/p-2. The Hall–Kier alpha value is -1.51. The average Bonchev–Trinajstić information content (AvgIpc) is 2.08. The molecule has 13 heavy (non-hydrogen) atoms. The van der Waals surface area contributed by atoms with Crippen molar-refractivity contribution in [1.82, 2.24) is 0 Å². The quantitative estimate of drug-likeness (QED) is 0.658. The molecule has 0 aliphatic heterocycles. The summed E-state index contributed by atoms with van der Waals surface area (Å²) in [6.45, 7) is 1.99. The first-order valence-corrected chi connectivity index (χ1v) is 4.16. The van der Waals surface area contributed by atoms with Gasteiger partial charge in [0.05, 0.1) is 5.97 Å². The van der Waals surface area contributed by atoms with E-state index in [2.05, 4.69) is 0 Å². The number of hydrogen-bond acceptors (Lipinski definition) is 3. The van der Waals surface area contributed by atoms with Crippen LogP contribution in [0.3, 0.4) is 0 Å². The van der Waals surface area contributed by atoms with Crippen LogP contribution in [-0.4, -0.2) is 5.97 Å². The van der Waals surface area contributed by atoms with Crippen molar-refractivity contribution in [3.8, 4) is 5.75 Å². The molecule has 0 N–H and O–H groups in total. The van der Waals surface area contributed by atoms with Gasteiger partial charge in [-0.2, -0.15) is 0 Å². The lowest BCUT2D eigenvalue weighted by atomic mass is 10.1. The van der Waals surface area contributed by atoms with E-state index < -0.39 is 11.7 Å². The Morgan fingerprint density at radius 2 is 2.15 bits per heavy atom. The molecule has 0 radical (unpaired) electrons. The van der Waals surface area contributed by atoms with Gasteiger partial charge in [-0.3, -0.25) is 0 Å². The van der Waals surface area contributed by atoms with E-state index in [1.54, 1.807) is 6.07 Å². The summed E-state index contributed by atoms with van der Waals surface area (Å²) in [6, 6.07) is 4.32. The zero-order chi connectivity index (χ0) is 9.84. The van der Waals surface area contributed by atoms with Crippen molar-refractivity contribution in [3.63, 3.8) is 0 Å². The normalized spacial score (nSPS) is 9.92. The smallest absolute Gasteiger partial charge is 0.0709 e. The topological polar surface area (TPSA) is 63.2 Å². The predicted octanol–water partition coefficient (Wildman–Crippen LogP) is 0.0762. The number of benzene rings is 1. The summed E-state index contributed by atoms with van der Waals surface area (Å²) in [5.74, 6) is -1.89. The molecule has 0 saturated carbocycles. The molecule has 0 spiro atoms. The number of carboxylic acid groups (broad SMARTS) is 1. The van der Waals surface area contributed by atoms with Crippen LogP contribution < -0.4 is 10.2 Å². The predicted molar refractivity (Wildman–Crippen MR) is 44.2 cm³/mol. The fourth-order valence-corrected chi connectivity index (χ4v) is 1.18.